The van der Waals surface area contributed by atoms with Gasteiger partial charge in [0.2, 0.25) is 0 Å². The van der Waals surface area contributed by atoms with Crippen LogP contribution < -0.4 is 16.2 Å². The minimum Gasteiger partial charge on any atom is -0.449 e. The summed E-state index contributed by atoms with van der Waals surface area (Å²) in [6.07, 6.45) is 0.133. The Morgan fingerprint density at radius 2 is 1.82 bits per heavy atom. The SMILES string of the molecule is CC(C)NCCCOC(=O)Nc1cccc(Cn2nc(-c3cc(F)cc(F)c3)ccc2=O)c1.Cl. The maximum absolute atomic E-state index is 13.6. The predicted molar refractivity (Wildman–Crippen MR) is 129 cm³/mol. The van der Waals surface area contributed by atoms with Gasteiger partial charge in [0.25, 0.3) is 5.56 Å². The maximum Gasteiger partial charge on any atom is 0.411 e. The molecule has 0 aliphatic heterocycles. The van der Waals surface area contributed by atoms with Crippen LogP contribution in [0.25, 0.3) is 11.3 Å². The second-order valence-corrected chi connectivity index (χ2v) is 7.80. The van der Waals surface area contributed by atoms with Crippen LogP contribution in [0, 0.1) is 11.6 Å². The highest BCUT2D eigenvalue weighted by Crippen LogP contribution is 2.19. The van der Waals surface area contributed by atoms with E-state index >= 15 is 0 Å². The molecule has 0 spiro atoms. The minimum absolute atomic E-state index is 0. The van der Waals surface area contributed by atoms with Crippen LogP contribution in [0.4, 0.5) is 19.3 Å². The Labute approximate surface area is 202 Å². The van der Waals surface area contributed by atoms with Gasteiger partial charge in [0.05, 0.1) is 18.8 Å². The van der Waals surface area contributed by atoms with Crippen LogP contribution in [0.15, 0.2) is 59.4 Å². The Balaban J connectivity index is 0.00000408. The number of ether oxygens (including phenoxy) is 1. The zero-order chi connectivity index (χ0) is 23.8. The van der Waals surface area contributed by atoms with E-state index in [1.165, 1.54) is 16.8 Å². The van der Waals surface area contributed by atoms with E-state index in [-0.39, 0.29) is 42.4 Å². The van der Waals surface area contributed by atoms with E-state index in [2.05, 4.69) is 15.7 Å². The number of benzene rings is 2. The lowest BCUT2D eigenvalue weighted by atomic mass is 10.1. The van der Waals surface area contributed by atoms with Crippen molar-refractivity contribution in [2.75, 3.05) is 18.5 Å². The molecule has 0 bridgehead atoms. The first kappa shape index (κ1) is 26.9. The van der Waals surface area contributed by atoms with Gasteiger partial charge in [-0.1, -0.05) is 26.0 Å². The predicted octanol–water partition coefficient (Wildman–Crippen LogP) is 4.60. The molecule has 10 heteroatoms. The van der Waals surface area contributed by atoms with Gasteiger partial charge in [0, 0.05) is 29.4 Å². The molecule has 0 saturated carbocycles. The quantitative estimate of drug-likeness (QED) is 0.427. The van der Waals surface area contributed by atoms with E-state index in [0.717, 1.165) is 24.7 Å². The molecule has 34 heavy (non-hydrogen) atoms. The Hall–Kier alpha value is -3.30. The summed E-state index contributed by atoms with van der Waals surface area (Å²) < 4.78 is 33.5. The number of hydrogen-bond acceptors (Lipinski definition) is 5. The van der Waals surface area contributed by atoms with Gasteiger partial charge in [0.15, 0.2) is 0 Å². The fourth-order valence-corrected chi connectivity index (χ4v) is 3.12. The van der Waals surface area contributed by atoms with E-state index in [1.807, 2.05) is 13.8 Å². The molecule has 1 amide bonds. The molecule has 0 fully saturated rings. The van der Waals surface area contributed by atoms with Crippen molar-refractivity contribution < 1.29 is 18.3 Å². The van der Waals surface area contributed by atoms with Crippen molar-refractivity contribution in [2.45, 2.75) is 32.9 Å². The van der Waals surface area contributed by atoms with Crippen LogP contribution in [0.3, 0.4) is 0 Å². The highest BCUT2D eigenvalue weighted by Gasteiger charge is 2.09. The number of carbonyl (C=O) groups excluding carboxylic acids is 1. The summed E-state index contributed by atoms with van der Waals surface area (Å²) in [6, 6.07) is 13.1. The van der Waals surface area contributed by atoms with Crippen molar-refractivity contribution in [3.05, 3.63) is 82.1 Å². The molecule has 3 aromatic rings. The minimum atomic E-state index is -0.730. The van der Waals surface area contributed by atoms with Crippen molar-refractivity contribution in [3.63, 3.8) is 0 Å². The summed E-state index contributed by atoms with van der Waals surface area (Å²) in [4.78, 5) is 24.3. The molecule has 0 aliphatic carbocycles. The molecule has 2 N–H and O–H groups in total. The molecule has 0 radical (unpaired) electrons. The van der Waals surface area contributed by atoms with Crippen LogP contribution in [0.2, 0.25) is 0 Å². The third-order valence-corrected chi connectivity index (χ3v) is 4.64. The smallest absolute Gasteiger partial charge is 0.411 e. The summed E-state index contributed by atoms with van der Waals surface area (Å²) >= 11 is 0. The van der Waals surface area contributed by atoms with Gasteiger partial charge < -0.3 is 10.1 Å². The van der Waals surface area contributed by atoms with Gasteiger partial charge in [-0.15, -0.1) is 12.4 Å². The van der Waals surface area contributed by atoms with E-state index < -0.39 is 17.7 Å². The Morgan fingerprint density at radius 1 is 1.09 bits per heavy atom. The first-order valence-corrected chi connectivity index (χ1v) is 10.6. The Kier molecular flexibility index (Phi) is 10.2. The first-order valence-electron chi connectivity index (χ1n) is 10.6. The number of halogens is 3. The van der Waals surface area contributed by atoms with E-state index in [0.29, 0.717) is 23.7 Å². The summed E-state index contributed by atoms with van der Waals surface area (Å²) in [5.41, 5.74) is 1.32. The zero-order valence-electron chi connectivity index (χ0n) is 18.9. The second-order valence-electron chi connectivity index (χ2n) is 7.80. The average molecular weight is 493 g/mol. The van der Waals surface area contributed by atoms with Crippen molar-refractivity contribution in [2.24, 2.45) is 0 Å². The van der Waals surface area contributed by atoms with Gasteiger partial charge in [-0.2, -0.15) is 5.10 Å². The number of nitrogens with one attached hydrogen (secondary N) is 2. The molecule has 0 unspecified atom stereocenters. The Bertz CT molecular complexity index is 1150. The second kappa shape index (κ2) is 12.8. The van der Waals surface area contributed by atoms with Crippen molar-refractivity contribution in [1.82, 2.24) is 15.1 Å². The lowest BCUT2D eigenvalue weighted by Crippen LogP contribution is -2.25. The van der Waals surface area contributed by atoms with Crippen LogP contribution in [0.5, 0.6) is 0 Å². The molecule has 3 rings (SSSR count). The number of hydrogen-bond donors (Lipinski definition) is 2. The summed E-state index contributed by atoms with van der Waals surface area (Å²) in [7, 11) is 0. The van der Waals surface area contributed by atoms with Crippen LogP contribution in [0.1, 0.15) is 25.8 Å². The van der Waals surface area contributed by atoms with Crippen molar-refractivity contribution in [1.29, 1.82) is 0 Å². The molecule has 0 aliphatic rings. The van der Waals surface area contributed by atoms with Gasteiger partial charge in [0.1, 0.15) is 11.6 Å². The maximum atomic E-state index is 13.6. The van der Waals surface area contributed by atoms with Crippen LogP contribution in [-0.4, -0.2) is 35.1 Å². The Morgan fingerprint density at radius 3 is 2.53 bits per heavy atom. The largest absolute Gasteiger partial charge is 0.449 e. The highest BCUT2D eigenvalue weighted by molar-refractivity contribution is 5.85. The molecule has 1 aromatic heterocycles. The summed E-state index contributed by atoms with van der Waals surface area (Å²) in [6.45, 7) is 5.24. The van der Waals surface area contributed by atoms with Gasteiger partial charge in [-0.05, 0) is 48.9 Å². The number of nitrogens with zero attached hydrogens (tertiary/aromatic N) is 2. The molecule has 182 valence electrons. The highest BCUT2D eigenvalue weighted by atomic mass is 35.5. The molecule has 0 atom stereocenters. The monoisotopic (exact) mass is 492 g/mol. The normalized spacial score (nSPS) is 10.6. The number of anilines is 1. The van der Waals surface area contributed by atoms with Gasteiger partial charge in [-0.3, -0.25) is 10.1 Å². The zero-order valence-corrected chi connectivity index (χ0v) is 19.7. The fraction of sp³-hybridized carbons (Fsp3) is 0.292. The third kappa shape index (κ3) is 8.24. The fourth-order valence-electron chi connectivity index (χ4n) is 3.12. The van der Waals surface area contributed by atoms with Gasteiger partial charge in [-0.25, -0.2) is 18.3 Å². The molecule has 2 aromatic carbocycles. The molecule has 7 nitrogen and oxygen atoms in total. The molecular formula is C24H27ClF2N4O3. The topological polar surface area (TPSA) is 85.2 Å². The van der Waals surface area contributed by atoms with Crippen LogP contribution in [-0.2, 0) is 11.3 Å². The number of amides is 1. The lowest BCUT2D eigenvalue weighted by molar-refractivity contribution is 0.160. The van der Waals surface area contributed by atoms with E-state index in [1.54, 1.807) is 24.3 Å². The van der Waals surface area contributed by atoms with E-state index in [9.17, 15) is 18.4 Å². The van der Waals surface area contributed by atoms with Crippen LogP contribution >= 0.6 is 12.4 Å². The van der Waals surface area contributed by atoms with Crippen molar-refractivity contribution >= 4 is 24.2 Å². The van der Waals surface area contributed by atoms with Crippen molar-refractivity contribution in [3.8, 4) is 11.3 Å². The van der Waals surface area contributed by atoms with E-state index in [4.69, 9.17) is 4.74 Å². The molecule has 1 heterocycles. The van der Waals surface area contributed by atoms with Gasteiger partial charge >= 0.3 is 6.09 Å². The standard InChI is InChI=1S/C24H26F2N4O3.ClH/c1-16(2)27-9-4-10-33-24(32)28-21-6-3-5-17(11-21)15-30-23(31)8-7-22(29-30)18-12-19(25)14-20(26)13-18;/h3,5-8,11-14,16,27H,4,9-10,15H2,1-2H3,(H,28,32);1H. The first-order chi connectivity index (χ1) is 15.8. The number of carbonyl (C=O) groups is 1. The number of aromatic nitrogens is 2. The third-order valence-electron chi connectivity index (χ3n) is 4.64. The average Bonchev–Trinajstić information content (AvgIpc) is 2.74. The summed E-state index contributed by atoms with van der Waals surface area (Å²) in [5.74, 6) is -1.46. The lowest BCUT2D eigenvalue weighted by Gasteiger charge is -2.11. The summed E-state index contributed by atoms with van der Waals surface area (Å²) in [5, 5.41) is 10.1. The molecular weight excluding hydrogens is 466 g/mol. The molecule has 0 saturated heterocycles. The number of rotatable bonds is 9.